The second kappa shape index (κ2) is 7.14. The van der Waals surface area contributed by atoms with Crippen LogP contribution in [-0.4, -0.2) is 37.0 Å². The van der Waals surface area contributed by atoms with Crippen molar-refractivity contribution in [2.75, 3.05) is 19.8 Å². The number of hydrogen-bond acceptors (Lipinski definition) is 4. The van der Waals surface area contributed by atoms with E-state index >= 15 is 0 Å². The molecule has 1 aliphatic heterocycles. The van der Waals surface area contributed by atoms with E-state index in [1.54, 1.807) is 6.07 Å². The Labute approximate surface area is 118 Å². The van der Waals surface area contributed by atoms with Crippen molar-refractivity contribution in [2.24, 2.45) is 0 Å². The third kappa shape index (κ3) is 3.87. The number of ether oxygens (including phenoxy) is 3. The average molecular weight is 280 g/mol. The van der Waals surface area contributed by atoms with Gasteiger partial charge in [0.1, 0.15) is 0 Å². The van der Waals surface area contributed by atoms with Gasteiger partial charge in [-0.2, -0.15) is 0 Å². The molecule has 5 heteroatoms. The van der Waals surface area contributed by atoms with Crippen LogP contribution >= 0.6 is 0 Å². The standard InChI is InChI=1S/C15H20O5/c1-2-18-14-10-11(15(16)17)5-6-13(14)20-9-7-12-4-3-8-19-12/h5-6,10,12H,2-4,7-9H2,1H3,(H,16,17). The first kappa shape index (κ1) is 14.7. The van der Waals surface area contributed by atoms with Crippen molar-refractivity contribution in [1.82, 2.24) is 0 Å². The van der Waals surface area contributed by atoms with Crippen molar-refractivity contribution in [1.29, 1.82) is 0 Å². The molecule has 0 spiro atoms. The minimum Gasteiger partial charge on any atom is -0.490 e. The van der Waals surface area contributed by atoms with Crippen LogP contribution < -0.4 is 9.47 Å². The number of carboxylic acid groups (broad SMARTS) is 1. The molecule has 1 heterocycles. The molecule has 1 N–H and O–H groups in total. The first-order valence-electron chi connectivity index (χ1n) is 6.95. The average Bonchev–Trinajstić information content (AvgIpc) is 2.93. The first-order chi connectivity index (χ1) is 9.70. The summed E-state index contributed by atoms with van der Waals surface area (Å²) in [7, 11) is 0. The van der Waals surface area contributed by atoms with E-state index in [2.05, 4.69) is 0 Å². The van der Waals surface area contributed by atoms with E-state index in [1.807, 2.05) is 6.92 Å². The minimum atomic E-state index is -0.975. The SMILES string of the molecule is CCOc1cc(C(=O)O)ccc1OCCC1CCCO1. The highest BCUT2D eigenvalue weighted by molar-refractivity contribution is 5.88. The Kier molecular flexibility index (Phi) is 5.24. The molecular weight excluding hydrogens is 260 g/mol. The van der Waals surface area contributed by atoms with Gasteiger partial charge in [0.2, 0.25) is 0 Å². The van der Waals surface area contributed by atoms with Crippen LogP contribution in [0.3, 0.4) is 0 Å². The van der Waals surface area contributed by atoms with Gasteiger partial charge in [-0.3, -0.25) is 0 Å². The van der Waals surface area contributed by atoms with E-state index in [1.165, 1.54) is 12.1 Å². The van der Waals surface area contributed by atoms with Gasteiger partial charge in [0.05, 0.1) is 24.9 Å². The third-order valence-electron chi connectivity index (χ3n) is 3.21. The quantitative estimate of drug-likeness (QED) is 0.832. The predicted octanol–water partition coefficient (Wildman–Crippen LogP) is 2.73. The lowest BCUT2D eigenvalue weighted by Crippen LogP contribution is -2.11. The number of carbonyl (C=O) groups is 1. The lowest BCUT2D eigenvalue weighted by atomic mass is 10.2. The van der Waals surface area contributed by atoms with E-state index < -0.39 is 5.97 Å². The van der Waals surface area contributed by atoms with Crippen molar-refractivity contribution < 1.29 is 24.1 Å². The molecule has 1 atom stereocenters. The van der Waals surface area contributed by atoms with E-state index in [4.69, 9.17) is 19.3 Å². The molecule has 0 aromatic heterocycles. The van der Waals surface area contributed by atoms with Crippen molar-refractivity contribution in [3.63, 3.8) is 0 Å². The van der Waals surface area contributed by atoms with Crippen LogP contribution in [0.5, 0.6) is 11.5 Å². The molecule has 0 amide bonds. The molecule has 20 heavy (non-hydrogen) atoms. The van der Waals surface area contributed by atoms with Gasteiger partial charge in [-0.15, -0.1) is 0 Å². The zero-order valence-electron chi connectivity index (χ0n) is 11.6. The number of carboxylic acids is 1. The van der Waals surface area contributed by atoms with Gasteiger partial charge in [-0.1, -0.05) is 0 Å². The van der Waals surface area contributed by atoms with Crippen LogP contribution in [0.15, 0.2) is 18.2 Å². The Morgan fingerprint density at radius 1 is 1.40 bits per heavy atom. The Morgan fingerprint density at radius 3 is 2.90 bits per heavy atom. The molecule has 0 aliphatic carbocycles. The normalized spacial score (nSPS) is 17.9. The molecule has 0 saturated carbocycles. The van der Waals surface area contributed by atoms with Crippen LogP contribution in [0.1, 0.15) is 36.5 Å². The lowest BCUT2D eigenvalue weighted by Gasteiger charge is -2.14. The summed E-state index contributed by atoms with van der Waals surface area (Å²) < 4.78 is 16.6. The van der Waals surface area contributed by atoms with Crippen molar-refractivity contribution in [3.05, 3.63) is 23.8 Å². The first-order valence-corrected chi connectivity index (χ1v) is 6.95. The molecule has 1 aromatic carbocycles. The minimum absolute atomic E-state index is 0.194. The van der Waals surface area contributed by atoms with Gasteiger partial charge in [-0.05, 0) is 38.0 Å². The maximum atomic E-state index is 10.9. The van der Waals surface area contributed by atoms with E-state index in [0.717, 1.165) is 25.9 Å². The number of rotatable bonds is 7. The van der Waals surface area contributed by atoms with E-state index in [9.17, 15) is 4.79 Å². The zero-order valence-corrected chi connectivity index (χ0v) is 11.6. The fourth-order valence-corrected chi connectivity index (χ4v) is 2.20. The molecule has 1 fully saturated rings. The van der Waals surface area contributed by atoms with Crippen molar-refractivity contribution >= 4 is 5.97 Å². The summed E-state index contributed by atoms with van der Waals surface area (Å²) in [5.41, 5.74) is 0.194. The highest BCUT2D eigenvalue weighted by atomic mass is 16.5. The van der Waals surface area contributed by atoms with Crippen LogP contribution in [0.25, 0.3) is 0 Å². The second-order valence-corrected chi connectivity index (χ2v) is 4.67. The number of benzene rings is 1. The number of hydrogen-bond donors (Lipinski definition) is 1. The monoisotopic (exact) mass is 280 g/mol. The van der Waals surface area contributed by atoms with Crippen molar-refractivity contribution in [3.8, 4) is 11.5 Å². The highest BCUT2D eigenvalue weighted by Gasteiger charge is 2.16. The molecule has 1 aliphatic rings. The van der Waals surface area contributed by atoms with Gasteiger partial charge in [-0.25, -0.2) is 4.79 Å². The second-order valence-electron chi connectivity index (χ2n) is 4.67. The van der Waals surface area contributed by atoms with Gasteiger partial charge in [0.25, 0.3) is 0 Å². The van der Waals surface area contributed by atoms with Crippen molar-refractivity contribution in [2.45, 2.75) is 32.3 Å². The fourth-order valence-electron chi connectivity index (χ4n) is 2.20. The molecule has 0 bridgehead atoms. The van der Waals surface area contributed by atoms with Gasteiger partial charge in [0, 0.05) is 13.0 Å². The summed E-state index contributed by atoms with van der Waals surface area (Å²) in [4.78, 5) is 10.9. The predicted molar refractivity (Wildman–Crippen MR) is 73.7 cm³/mol. The summed E-state index contributed by atoms with van der Waals surface area (Å²) in [5, 5.41) is 8.98. The Morgan fingerprint density at radius 2 is 2.25 bits per heavy atom. The molecule has 5 nitrogen and oxygen atoms in total. The third-order valence-corrected chi connectivity index (χ3v) is 3.21. The van der Waals surface area contributed by atoms with Crippen LogP contribution in [-0.2, 0) is 4.74 Å². The largest absolute Gasteiger partial charge is 0.490 e. The molecule has 1 aromatic rings. The topological polar surface area (TPSA) is 65.0 Å². The maximum Gasteiger partial charge on any atom is 0.335 e. The fraction of sp³-hybridized carbons (Fsp3) is 0.533. The van der Waals surface area contributed by atoms with E-state index in [0.29, 0.717) is 24.7 Å². The van der Waals surface area contributed by atoms with Crippen LogP contribution in [0, 0.1) is 0 Å². The zero-order chi connectivity index (χ0) is 14.4. The molecule has 1 saturated heterocycles. The lowest BCUT2D eigenvalue weighted by molar-refractivity contribution is 0.0696. The van der Waals surface area contributed by atoms with Gasteiger partial charge >= 0.3 is 5.97 Å². The summed E-state index contributed by atoms with van der Waals surface area (Å²) >= 11 is 0. The molecule has 110 valence electrons. The van der Waals surface area contributed by atoms with Gasteiger partial charge < -0.3 is 19.3 Å². The smallest absolute Gasteiger partial charge is 0.335 e. The summed E-state index contributed by atoms with van der Waals surface area (Å²) in [5.74, 6) is 0.0754. The Balaban J connectivity index is 1.96. The van der Waals surface area contributed by atoms with E-state index in [-0.39, 0.29) is 11.7 Å². The summed E-state index contributed by atoms with van der Waals surface area (Å²) in [6, 6.07) is 4.66. The molecular formula is C15H20O5. The summed E-state index contributed by atoms with van der Waals surface area (Å²) in [6.07, 6.45) is 3.32. The number of aromatic carboxylic acids is 1. The highest BCUT2D eigenvalue weighted by Crippen LogP contribution is 2.29. The molecule has 1 unspecified atom stereocenters. The molecule has 2 rings (SSSR count). The Hall–Kier alpha value is -1.75. The Bertz CT molecular complexity index is 452. The summed E-state index contributed by atoms with van der Waals surface area (Å²) in [6.45, 7) is 3.69. The van der Waals surface area contributed by atoms with Gasteiger partial charge in [0.15, 0.2) is 11.5 Å². The van der Waals surface area contributed by atoms with Crippen LogP contribution in [0.2, 0.25) is 0 Å². The van der Waals surface area contributed by atoms with Crippen LogP contribution in [0.4, 0.5) is 0 Å². The molecule has 0 radical (unpaired) electrons. The maximum absolute atomic E-state index is 10.9.